The number of hydrogen-bond donors (Lipinski definition) is 1. The number of carbonyl (C=O) groups is 1. The molecule has 0 heterocycles. The highest BCUT2D eigenvalue weighted by Crippen LogP contribution is 2.26. The van der Waals surface area contributed by atoms with Gasteiger partial charge in [0.25, 0.3) is 0 Å². The lowest BCUT2D eigenvalue weighted by Gasteiger charge is -2.15. The molecule has 0 saturated carbocycles. The molecule has 0 aliphatic heterocycles. The third-order valence-electron chi connectivity index (χ3n) is 3.41. The first-order chi connectivity index (χ1) is 11.7. The van der Waals surface area contributed by atoms with Crippen LogP contribution in [-0.4, -0.2) is 24.3 Å². The number of rotatable bonds is 9. The van der Waals surface area contributed by atoms with E-state index in [0.29, 0.717) is 24.8 Å². The van der Waals surface area contributed by atoms with Crippen LogP contribution in [0.5, 0.6) is 0 Å². The number of carbonyl (C=O) groups excluding carboxylic acids is 1. The van der Waals surface area contributed by atoms with Crippen LogP contribution in [0.25, 0.3) is 0 Å². The first-order valence-electron chi connectivity index (χ1n) is 8.00. The third kappa shape index (κ3) is 6.56. The topological polar surface area (TPSA) is 38.3 Å². The van der Waals surface area contributed by atoms with Crippen LogP contribution < -0.4 is 5.32 Å². The molecule has 3 nitrogen and oxygen atoms in total. The molecule has 0 fully saturated rings. The Morgan fingerprint density at radius 2 is 1.88 bits per heavy atom. The van der Waals surface area contributed by atoms with E-state index >= 15 is 0 Å². The summed E-state index contributed by atoms with van der Waals surface area (Å²) in [5.74, 6) is 0.0424. The standard InChI is InChI=1S/C19H22ClNO2S/c1-2-18(24-17-10-8-16(20)9-11-17)19(22)21-12-13-23-14-15-6-4-3-5-7-15/h3-11,18H,2,12-14H2,1H3,(H,21,22)/t18-/m0/s1. The van der Waals surface area contributed by atoms with Crippen LogP contribution in [0.15, 0.2) is 59.5 Å². The van der Waals surface area contributed by atoms with Gasteiger partial charge in [-0.2, -0.15) is 0 Å². The molecule has 2 aromatic carbocycles. The van der Waals surface area contributed by atoms with E-state index in [0.717, 1.165) is 16.9 Å². The van der Waals surface area contributed by atoms with Crippen molar-refractivity contribution in [1.29, 1.82) is 0 Å². The molecular weight excluding hydrogens is 342 g/mol. The molecule has 0 aliphatic rings. The summed E-state index contributed by atoms with van der Waals surface area (Å²) in [6.45, 7) is 3.60. The van der Waals surface area contributed by atoms with E-state index in [1.807, 2.05) is 61.5 Å². The van der Waals surface area contributed by atoms with Gasteiger partial charge in [-0.25, -0.2) is 0 Å². The Bertz CT molecular complexity index is 619. The zero-order valence-corrected chi connectivity index (χ0v) is 15.3. The summed E-state index contributed by atoms with van der Waals surface area (Å²) in [5, 5.41) is 3.53. The lowest BCUT2D eigenvalue weighted by Crippen LogP contribution is -2.34. The molecule has 0 aromatic heterocycles. The predicted octanol–water partition coefficient (Wildman–Crippen LogP) is 4.54. The van der Waals surface area contributed by atoms with Crippen LogP contribution in [-0.2, 0) is 16.1 Å². The second-order valence-electron chi connectivity index (χ2n) is 5.30. The van der Waals surface area contributed by atoms with Gasteiger partial charge < -0.3 is 10.1 Å². The molecule has 24 heavy (non-hydrogen) atoms. The molecule has 0 unspecified atom stereocenters. The highest BCUT2D eigenvalue weighted by molar-refractivity contribution is 8.00. The maximum absolute atomic E-state index is 12.3. The number of nitrogens with one attached hydrogen (secondary N) is 1. The molecule has 1 N–H and O–H groups in total. The number of hydrogen-bond acceptors (Lipinski definition) is 3. The monoisotopic (exact) mass is 363 g/mol. The second-order valence-corrected chi connectivity index (χ2v) is 7.01. The van der Waals surface area contributed by atoms with Crippen molar-refractivity contribution in [3.8, 4) is 0 Å². The minimum atomic E-state index is -0.111. The van der Waals surface area contributed by atoms with Gasteiger partial charge in [-0.05, 0) is 36.2 Å². The lowest BCUT2D eigenvalue weighted by atomic mass is 10.2. The average Bonchev–Trinajstić information content (AvgIpc) is 2.61. The van der Waals surface area contributed by atoms with Crippen molar-refractivity contribution in [2.75, 3.05) is 13.2 Å². The first kappa shape index (κ1) is 18.8. The van der Waals surface area contributed by atoms with E-state index in [9.17, 15) is 4.79 Å². The summed E-state index contributed by atoms with van der Waals surface area (Å²) < 4.78 is 5.58. The van der Waals surface area contributed by atoms with Crippen molar-refractivity contribution in [3.05, 3.63) is 65.2 Å². The molecule has 5 heteroatoms. The van der Waals surface area contributed by atoms with Crippen molar-refractivity contribution in [2.45, 2.75) is 30.1 Å². The first-order valence-corrected chi connectivity index (χ1v) is 9.26. The maximum Gasteiger partial charge on any atom is 0.233 e. The van der Waals surface area contributed by atoms with Gasteiger partial charge >= 0.3 is 0 Å². The minimum Gasteiger partial charge on any atom is -0.375 e. The van der Waals surface area contributed by atoms with E-state index in [2.05, 4.69) is 5.32 Å². The van der Waals surface area contributed by atoms with E-state index in [1.54, 1.807) is 11.8 Å². The Morgan fingerprint density at radius 3 is 2.54 bits per heavy atom. The van der Waals surface area contributed by atoms with Gasteiger partial charge in [-0.15, -0.1) is 11.8 Å². The third-order valence-corrected chi connectivity index (χ3v) is 5.04. The summed E-state index contributed by atoms with van der Waals surface area (Å²) >= 11 is 7.44. The molecule has 128 valence electrons. The second kappa shape index (κ2) is 10.4. The van der Waals surface area contributed by atoms with Crippen molar-refractivity contribution >= 4 is 29.3 Å². The van der Waals surface area contributed by atoms with Crippen LogP contribution >= 0.6 is 23.4 Å². The number of halogens is 1. The van der Waals surface area contributed by atoms with Gasteiger partial charge in [0.1, 0.15) is 0 Å². The van der Waals surface area contributed by atoms with Crippen LogP contribution in [0.3, 0.4) is 0 Å². The normalized spacial score (nSPS) is 11.9. The van der Waals surface area contributed by atoms with Gasteiger partial charge in [-0.3, -0.25) is 4.79 Å². The Balaban J connectivity index is 1.68. The fourth-order valence-corrected chi connectivity index (χ4v) is 3.23. The van der Waals surface area contributed by atoms with Crippen molar-refractivity contribution in [3.63, 3.8) is 0 Å². The number of thioether (sulfide) groups is 1. The van der Waals surface area contributed by atoms with Gasteiger partial charge in [0.2, 0.25) is 5.91 Å². The Morgan fingerprint density at radius 1 is 1.17 bits per heavy atom. The van der Waals surface area contributed by atoms with E-state index in [-0.39, 0.29) is 11.2 Å². The SMILES string of the molecule is CC[C@H](Sc1ccc(Cl)cc1)C(=O)NCCOCc1ccccc1. The van der Waals surface area contributed by atoms with Gasteiger partial charge in [-0.1, -0.05) is 48.9 Å². The van der Waals surface area contributed by atoms with Crippen molar-refractivity contribution in [2.24, 2.45) is 0 Å². The molecule has 0 bridgehead atoms. The average molecular weight is 364 g/mol. The molecule has 0 aliphatic carbocycles. The molecular formula is C19H22ClNO2S. The molecule has 0 radical (unpaired) electrons. The van der Waals surface area contributed by atoms with E-state index in [4.69, 9.17) is 16.3 Å². The number of ether oxygens (including phenoxy) is 1. The van der Waals surface area contributed by atoms with Gasteiger partial charge in [0, 0.05) is 16.5 Å². The summed E-state index contributed by atoms with van der Waals surface area (Å²) in [4.78, 5) is 13.3. The van der Waals surface area contributed by atoms with E-state index in [1.165, 1.54) is 0 Å². The molecule has 0 spiro atoms. The van der Waals surface area contributed by atoms with Gasteiger partial charge in [0.05, 0.1) is 18.5 Å². The van der Waals surface area contributed by atoms with Crippen LogP contribution in [0.1, 0.15) is 18.9 Å². The minimum absolute atomic E-state index is 0.0424. The quantitative estimate of drug-likeness (QED) is 0.525. The molecule has 2 aromatic rings. The summed E-state index contributed by atoms with van der Waals surface area (Å²) in [6, 6.07) is 17.5. The molecule has 2 rings (SSSR count). The highest BCUT2D eigenvalue weighted by Gasteiger charge is 2.17. The van der Waals surface area contributed by atoms with Crippen molar-refractivity contribution < 1.29 is 9.53 Å². The molecule has 1 amide bonds. The number of benzene rings is 2. The molecule has 1 atom stereocenters. The Labute approximate surface area is 152 Å². The fraction of sp³-hybridized carbons (Fsp3) is 0.316. The van der Waals surface area contributed by atoms with Crippen LogP contribution in [0.2, 0.25) is 5.02 Å². The lowest BCUT2D eigenvalue weighted by molar-refractivity contribution is -0.120. The predicted molar refractivity (Wildman–Crippen MR) is 100 cm³/mol. The zero-order chi connectivity index (χ0) is 17.2. The number of amides is 1. The zero-order valence-electron chi connectivity index (χ0n) is 13.7. The summed E-state index contributed by atoms with van der Waals surface area (Å²) in [5.41, 5.74) is 1.13. The van der Waals surface area contributed by atoms with Crippen molar-refractivity contribution in [1.82, 2.24) is 5.32 Å². The molecule has 0 saturated heterocycles. The van der Waals surface area contributed by atoms with E-state index < -0.39 is 0 Å². The largest absolute Gasteiger partial charge is 0.375 e. The summed E-state index contributed by atoms with van der Waals surface area (Å²) in [7, 11) is 0. The maximum atomic E-state index is 12.3. The smallest absolute Gasteiger partial charge is 0.233 e. The Kier molecular flexibility index (Phi) is 8.16. The Hall–Kier alpha value is -1.49. The van der Waals surface area contributed by atoms with Crippen LogP contribution in [0.4, 0.5) is 0 Å². The van der Waals surface area contributed by atoms with Gasteiger partial charge in [0.15, 0.2) is 0 Å². The highest BCUT2D eigenvalue weighted by atomic mass is 35.5. The van der Waals surface area contributed by atoms with Crippen LogP contribution in [0, 0.1) is 0 Å². The fourth-order valence-electron chi connectivity index (χ4n) is 2.12. The summed E-state index contributed by atoms with van der Waals surface area (Å²) in [6.07, 6.45) is 0.768.